The molecule has 0 heterocycles. The van der Waals surface area contributed by atoms with E-state index in [1.165, 1.54) is 0 Å². The lowest BCUT2D eigenvalue weighted by Gasteiger charge is -1.98. The van der Waals surface area contributed by atoms with Crippen LogP contribution in [0.15, 0.2) is 45.3 Å². The van der Waals surface area contributed by atoms with Crippen LogP contribution in [0.5, 0.6) is 0 Å². The van der Waals surface area contributed by atoms with Crippen molar-refractivity contribution in [2.24, 2.45) is 32.2 Å². The molecule has 0 fully saturated rings. The number of hydrogen-bond donors (Lipinski definition) is 3. The van der Waals surface area contributed by atoms with E-state index >= 15 is 0 Å². The Morgan fingerprint density at radius 3 is 2.21 bits per heavy atom. The highest BCUT2D eigenvalue weighted by Gasteiger charge is 1.95. The van der Waals surface area contributed by atoms with Gasteiger partial charge >= 0.3 is 0 Å². The van der Waals surface area contributed by atoms with E-state index in [2.05, 4.69) is 15.0 Å². The van der Waals surface area contributed by atoms with Crippen LogP contribution in [0.4, 0.5) is 5.69 Å². The number of amidine groups is 1. The molecule has 6 nitrogen and oxygen atoms in total. The summed E-state index contributed by atoms with van der Waals surface area (Å²) in [5.74, 6) is 0.496. The van der Waals surface area contributed by atoms with E-state index in [1.807, 2.05) is 37.3 Å². The zero-order chi connectivity index (χ0) is 13.4. The number of hydrogen-bond acceptors (Lipinski definition) is 1. The molecule has 0 spiro atoms. The Hall–Kier alpha value is -2.08. The fourth-order valence-electron chi connectivity index (χ4n) is 1.26. The lowest BCUT2D eigenvalue weighted by atomic mass is 10.3. The standard InChI is InChI=1S/C12H18N6.ClH/c1-2-6-10(13)17-12(15)18-11(14)16-9-7-4-3-5-8-9;/h3-5,7-8H,2,6H2,1H3,(H6,13,14,15,16,17,18);1H. The van der Waals surface area contributed by atoms with Gasteiger partial charge in [0.2, 0.25) is 11.9 Å². The summed E-state index contributed by atoms with van der Waals surface area (Å²) in [4.78, 5) is 11.8. The third kappa shape index (κ3) is 7.05. The molecule has 0 aliphatic heterocycles. The molecule has 104 valence electrons. The van der Waals surface area contributed by atoms with Crippen molar-refractivity contribution in [3.8, 4) is 0 Å². The van der Waals surface area contributed by atoms with Gasteiger partial charge in [0, 0.05) is 6.42 Å². The van der Waals surface area contributed by atoms with Gasteiger partial charge in [-0.05, 0) is 18.6 Å². The molecule has 0 aromatic heterocycles. The van der Waals surface area contributed by atoms with E-state index in [0.29, 0.717) is 17.9 Å². The van der Waals surface area contributed by atoms with Crippen LogP contribution >= 0.6 is 12.4 Å². The van der Waals surface area contributed by atoms with Gasteiger partial charge in [-0.1, -0.05) is 25.1 Å². The van der Waals surface area contributed by atoms with E-state index in [0.717, 1.165) is 6.42 Å². The van der Waals surface area contributed by atoms with E-state index in [-0.39, 0.29) is 24.3 Å². The predicted octanol–water partition coefficient (Wildman–Crippen LogP) is 1.53. The molecule has 19 heavy (non-hydrogen) atoms. The summed E-state index contributed by atoms with van der Waals surface area (Å²) in [6.07, 6.45) is 1.57. The molecule has 0 radical (unpaired) electrons. The van der Waals surface area contributed by atoms with Crippen molar-refractivity contribution in [2.75, 3.05) is 0 Å². The van der Waals surface area contributed by atoms with Crippen LogP contribution in [0.25, 0.3) is 0 Å². The van der Waals surface area contributed by atoms with E-state index in [1.54, 1.807) is 0 Å². The van der Waals surface area contributed by atoms with Crippen molar-refractivity contribution in [1.82, 2.24) is 0 Å². The summed E-state index contributed by atoms with van der Waals surface area (Å²) >= 11 is 0. The van der Waals surface area contributed by atoms with Crippen LogP contribution in [-0.2, 0) is 0 Å². The van der Waals surface area contributed by atoms with Crippen LogP contribution in [0.1, 0.15) is 19.8 Å². The lowest BCUT2D eigenvalue weighted by molar-refractivity contribution is 0.984. The molecule has 1 rings (SSSR count). The smallest absolute Gasteiger partial charge is 0.224 e. The molecule has 0 saturated carbocycles. The molecule has 0 aliphatic rings. The molecule has 6 N–H and O–H groups in total. The van der Waals surface area contributed by atoms with Gasteiger partial charge in [-0.15, -0.1) is 12.4 Å². The summed E-state index contributed by atoms with van der Waals surface area (Å²) in [7, 11) is 0. The monoisotopic (exact) mass is 282 g/mol. The first kappa shape index (κ1) is 16.9. The maximum absolute atomic E-state index is 5.63. The third-order valence-electron chi connectivity index (χ3n) is 1.99. The Labute approximate surface area is 118 Å². The normalized spacial score (nSPS) is 13.0. The minimum Gasteiger partial charge on any atom is -0.387 e. The molecule has 0 amide bonds. The molecular formula is C12H19ClN6. The molecule has 1 aromatic rings. The number of benzene rings is 1. The zero-order valence-electron chi connectivity index (χ0n) is 10.8. The van der Waals surface area contributed by atoms with Gasteiger partial charge in [-0.2, -0.15) is 4.99 Å². The van der Waals surface area contributed by atoms with Crippen LogP contribution in [-0.4, -0.2) is 17.8 Å². The third-order valence-corrected chi connectivity index (χ3v) is 1.99. The highest BCUT2D eigenvalue weighted by atomic mass is 35.5. The number of halogens is 1. The maximum atomic E-state index is 5.63. The summed E-state index contributed by atoms with van der Waals surface area (Å²) in [5, 5.41) is 0. The number of nitrogens with two attached hydrogens (primary N) is 3. The number of nitrogens with zero attached hydrogens (tertiary/aromatic N) is 3. The van der Waals surface area contributed by atoms with Gasteiger partial charge in [0.05, 0.1) is 5.69 Å². The van der Waals surface area contributed by atoms with Gasteiger partial charge in [0.15, 0.2) is 0 Å². The molecule has 0 atom stereocenters. The minimum atomic E-state index is 0. The Balaban J connectivity index is 0.00000324. The second-order valence-electron chi connectivity index (χ2n) is 3.63. The lowest BCUT2D eigenvalue weighted by Crippen LogP contribution is -2.21. The molecule has 0 saturated heterocycles. The van der Waals surface area contributed by atoms with Gasteiger partial charge in [-0.25, -0.2) is 9.98 Å². The second-order valence-corrected chi connectivity index (χ2v) is 3.63. The summed E-state index contributed by atoms with van der Waals surface area (Å²) in [6.45, 7) is 2.00. The van der Waals surface area contributed by atoms with Gasteiger partial charge in [0.1, 0.15) is 5.84 Å². The van der Waals surface area contributed by atoms with Crippen LogP contribution in [0, 0.1) is 0 Å². The largest absolute Gasteiger partial charge is 0.387 e. The predicted molar refractivity (Wildman–Crippen MR) is 83.1 cm³/mol. The van der Waals surface area contributed by atoms with E-state index < -0.39 is 0 Å². The van der Waals surface area contributed by atoms with Crippen molar-refractivity contribution in [2.45, 2.75) is 19.8 Å². The number of para-hydroxylation sites is 1. The Bertz CT molecular complexity index is 466. The van der Waals surface area contributed by atoms with Crippen molar-refractivity contribution in [1.29, 1.82) is 0 Å². The highest BCUT2D eigenvalue weighted by Crippen LogP contribution is 2.09. The highest BCUT2D eigenvalue weighted by molar-refractivity contribution is 6.00. The van der Waals surface area contributed by atoms with Crippen molar-refractivity contribution >= 4 is 35.8 Å². The first-order chi connectivity index (χ1) is 8.61. The minimum absolute atomic E-state index is 0. The number of guanidine groups is 2. The van der Waals surface area contributed by atoms with Crippen LogP contribution in [0.3, 0.4) is 0 Å². The first-order valence-electron chi connectivity index (χ1n) is 5.68. The first-order valence-corrected chi connectivity index (χ1v) is 5.68. The SMILES string of the molecule is CCCC(N)=NC(N)=NC(N)=Nc1ccccc1.Cl. The van der Waals surface area contributed by atoms with Crippen LogP contribution < -0.4 is 17.2 Å². The summed E-state index contributed by atoms with van der Waals surface area (Å²) in [6, 6.07) is 9.23. The molecule has 7 heteroatoms. The fraction of sp³-hybridized carbons (Fsp3) is 0.250. The van der Waals surface area contributed by atoms with Gasteiger partial charge < -0.3 is 17.2 Å². The average molecular weight is 283 g/mol. The number of aliphatic imine (C=N–C) groups is 3. The maximum Gasteiger partial charge on any atom is 0.224 e. The van der Waals surface area contributed by atoms with Gasteiger partial charge in [-0.3, -0.25) is 0 Å². The van der Waals surface area contributed by atoms with Crippen molar-refractivity contribution in [3.63, 3.8) is 0 Å². The van der Waals surface area contributed by atoms with Crippen molar-refractivity contribution < 1.29 is 0 Å². The topological polar surface area (TPSA) is 115 Å². The Kier molecular flexibility index (Phi) is 7.95. The molecule has 0 aliphatic carbocycles. The molecule has 0 bridgehead atoms. The average Bonchev–Trinajstić information content (AvgIpc) is 2.29. The Morgan fingerprint density at radius 2 is 1.63 bits per heavy atom. The molecular weight excluding hydrogens is 264 g/mol. The zero-order valence-corrected chi connectivity index (χ0v) is 11.6. The quantitative estimate of drug-likeness (QED) is 0.576. The molecule has 0 unspecified atom stereocenters. The molecule has 1 aromatic carbocycles. The fourth-order valence-corrected chi connectivity index (χ4v) is 1.26. The number of rotatable bonds is 3. The van der Waals surface area contributed by atoms with Crippen molar-refractivity contribution in [3.05, 3.63) is 30.3 Å². The van der Waals surface area contributed by atoms with E-state index in [9.17, 15) is 0 Å². The summed E-state index contributed by atoms with van der Waals surface area (Å²) in [5.41, 5.74) is 17.5. The summed E-state index contributed by atoms with van der Waals surface area (Å²) < 4.78 is 0. The van der Waals surface area contributed by atoms with Crippen LogP contribution in [0.2, 0.25) is 0 Å². The van der Waals surface area contributed by atoms with Gasteiger partial charge in [0.25, 0.3) is 0 Å². The van der Waals surface area contributed by atoms with E-state index in [4.69, 9.17) is 17.2 Å². The second kappa shape index (κ2) is 8.93. The Morgan fingerprint density at radius 1 is 1.00 bits per heavy atom.